The Morgan fingerprint density at radius 1 is 1.24 bits per heavy atom. The predicted molar refractivity (Wildman–Crippen MR) is 164 cm³/mol. The molecule has 0 bridgehead atoms. The van der Waals surface area contributed by atoms with E-state index in [1.165, 1.54) is 17.8 Å². The standard InChI is InChI=1S/C30H34FN6O7P/c1-7-30(31)25(38)23(43-29(30)37-16-33-24-26(32-6)34-19(5)35-27(24)37)15-41-45(40,36-18(4)28(39)42-17(2)3)44-22-14-10-12-20-11-8-9-13-21(20)22/h1,8-14,16-18,23,25,29,38H,15H2,2-6H3,(H,36,40)(H,32,34,35)/t18-,23-,25-,29-,30-,45+/m1/s1. The van der Waals surface area contributed by atoms with Gasteiger partial charge in [0.05, 0.1) is 19.0 Å². The van der Waals surface area contributed by atoms with E-state index in [2.05, 4.69) is 25.4 Å². The average molecular weight is 641 g/mol. The van der Waals surface area contributed by atoms with Gasteiger partial charge in [0.15, 0.2) is 23.2 Å². The van der Waals surface area contributed by atoms with Crippen molar-refractivity contribution in [2.24, 2.45) is 0 Å². The van der Waals surface area contributed by atoms with Crippen molar-refractivity contribution in [1.29, 1.82) is 0 Å². The van der Waals surface area contributed by atoms with E-state index in [1.54, 1.807) is 52.1 Å². The fourth-order valence-corrected chi connectivity index (χ4v) is 6.49. The Balaban J connectivity index is 1.44. The molecule has 0 radical (unpaired) electrons. The summed E-state index contributed by atoms with van der Waals surface area (Å²) in [4.78, 5) is 25.5. The smallest absolute Gasteiger partial charge is 0.459 e. The van der Waals surface area contributed by atoms with Crippen molar-refractivity contribution in [3.63, 3.8) is 0 Å². The van der Waals surface area contributed by atoms with Gasteiger partial charge < -0.3 is 24.4 Å². The summed E-state index contributed by atoms with van der Waals surface area (Å²) in [6.07, 6.45) is 1.51. The monoisotopic (exact) mass is 640 g/mol. The van der Waals surface area contributed by atoms with Gasteiger partial charge >= 0.3 is 13.7 Å². The first kappa shape index (κ1) is 32.3. The molecule has 0 saturated carbocycles. The van der Waals surface area contributed by atoms with Gasteiger partial charge in [-0.2, -0.15) is 5.09 Å². The summed E-state index contributed by atoms with van der Waals surface area (Å²) in [5, 5.41) is 18.0. The molecule has 4 aromatic rings. The second-order valence-corrected chi connectivity index (χ2v) is 12.5. The number of nitrogens with one attached hydrogen (secondary N) is 2. The Labute approximate surface area is 259 Å². The number of esters is 1. The second-order valence-electron chi connectivity index (χ2n) is 10.8. The maximum Gasteiger partial charge on any atom is 0.459 e. The molecule has 0 amide bonds. The first-order chi connectivity index (χ1) is 21.4. The van der Waals surface area contributed by atoms with Crippen molar-refractivity contribution >= 4 is 41.5 Å². The van der Waals surface area contributed by atoms with E-state index in [9.17, 15) is 14.5 Å². The third-order valence-corrected chi connectivity index (χ3v) is 8.75. The number of halogens is 1. The van der Waals surface area contributed by atoms with E-state index in [0.717, 1.165) is 5.39 Å². The number of carbonyl (C=O) groups excluding carboxylic acids is 1. The number of terminal acetylenes is 1. The van der Waals surface area contributed by atoms with Crippen LogP contribution in [0.4, 0.5) is 10.2 Å². The van der Waals surface area contributed by atoms with Crippen molar-refractivity contribution < 1.29 is 37.4 Å². The number of hydrogen-bond acceptors (Lipinski definition) is 11. The molecule has 2 aromatic heterocycles. The highest BCUT2D eigenvalue weighted by atomic mass is 31.2. The highest BCUT2D eigenvalue weighted by molar-refractivity contribution is 7.52. The number of aliphatic hydroxyl groups is 1. The fourth-order valence-electron chi connectivity index (χ4n) is 4.97. The number of hydrogen-bond donors (Lipinski definition) is 3. The normalized spacial score (nSPS) is 23.5. The number of aryl methyl sites for hydroxylation is 1. The fraction of sp³-hybridized carbons (Fsp3) is 0.400. The lowest BCUT2D eigenvalue weighted by molar-refractivity contribution is -0.149. The van der Waals surface area contributed by atoms with E-state index in [1.807, 2.05) is 24.1 Å². The molecule has 5 rings (SSSR count). The van der Waals surface area contributed by atoms with Gasteiger partial charge in [-0.25, -0.2) is 23.9 Å². The van der Waals surface area contributed by atoms with Crippen LogP contribution < -0.4 is 14.9 Å². The molecule has 1 aliphatic rings. The van der Waals surface area contributed by atoms with Gasteiger partial charge in [-0.1, -0.05) is 42.3 Å². The molecule has 1 fully saturated rings. The predicted octanol–water partition coefficient (Wildman–Crippen LogP) is 4.06. The average Bonchev–Trinajstić information content (AvgIpc) is 3.53. The number of imidazole rings is 1. The number of nitrogens with zero attached hydrogens (tertiary/aromatic N) is 4. The molecule has 0 aliphatic carbocycles. The second kappa shape index (κ2) is 12.7. The molecular weight excluding hydrogens is 606 g/mol. The summed E-state index contributed by atoms with van der Waals surface area (Å²) in [6.45, 7) is 5.79. The zero-order valence-electron chi connectivity index (χ0n) is 25.3. The first-order valence-electron chi connectivity index (χ1n) is 14.2. The Morgan fingerprint density at radius 2 is 1.98 bits per heavy atom. The van der Waals surface area contributed by atoms with Gasteiger partial charge in [0.1, 0.15) is 29.8 Å². The maximum absolute atomic E-state index is 16.4. The topological polar surface area (TPSA) is 159 Å². The quantitative estimate of drug-likeness (QED) is 0.123. The number of alkyl halides is 1. The van der Waals surface area contributed by atoms with Crippen LogP contribution in [0.2, 0.25) is 0 Å². The van der Waals surface area contributed by atoms with E-state index >= 15 is 4.39 Å². The number of aliphatic hydroxyl groups excluding tert-OH is 1. The van der Waals surface area contributed by atoms with Gasteiger partial charge in [-0.05, 0) is 39.1 Å². The molecule has 45 heavy (non-hydrogen) atoms. The van der Waals surface area contributed by atoms with Crippen LogP contribution in [0.1, 0.15) is 32.8 Å². The molecule has 1 aliphatic heterocycles. The van der Waals surface area contributed by atoms with Crippen LogP contribution in [0.15, 0.2) is 48.8 Å². The molecule has 15 heteroatoms. The Hall–Kier alpha value is -4.12. The molecular formula is C30H34FN6O7P. The number of carbonyl (C=O) groups is 1. The van der Waals surface area contributed by atoms with Crippen molar-refractivity contribution in [2.45, 2.75) is 63.9 Å². The number of fused-ring (bicyclic) bond motifs is 2. The summed E-state index contributed by atoms with van der Waals surface area (Å²) in [5.41, 5.74) is -2.21. The zero-order valence-corrected chi connectivity index (χ0v) is 26.2. The minimum Gasteiger partial charge on any atom is -0.462 e. The largest absolute Gasteiger partial charge is 0.462 e. The summed E-state index contributed by atoms with van der Waals surface area (Å²) in [6, 6.07) is 11.2. The van der Waals surface area contributed by atoms with Crippen LogP contribution in [-0.4, -0.2) is 74.3 Å². The number of aromatic nitrogens is 4. The molecule has 2 aromatic carbocycles. The lowest BCUT2D eigenvalue weighted by Gasteiger charge is -2.25. The summed E-state index contributed by atoms with van der Waals surface area (Å²) < 4.78 is 54.7. The molecule has 3 N–H and O–H groups in total. The third-order valence-electron chi connectivity index (χ3n) is 7.12. The number of rotatable bonds is 11. The Morgan fingerprint density at radius 3 is 2.69 bits per heavy atom. The van der Waals surface area contributed by atoms with Crippen LogP contribution in [0.25, 0.3) is 21.9 Å². The van der Waals surface area contributed by atoms with Crippen LogP contribution in [0, 0.1) is 19.3 Å². The highest BCUT2D eigenvalue weighted by Crippen LogP contribution is 2.49. The van der Waals surface area contributed by atoms with E-state index in [0.29, 0.717) is 22.5 Å². The SMILES string of the molecule is C#C[C@@]1(F)[C@H](O)[C@@H](CO[P@@](=O)(N[C@H](C)C(=O)OC(C)C)Oc2cccc3ccccc23)O[C@H]1n1cnc2c(NC)nc(C)nc21. The van der Waals surface area contributed by atoms with Gasteiger partial charge in [0.2, 0.25) is 5.67 Å². The molecule has 0 unspecified atom stereocenters. The van der Waals surface area contributed by atoms with Crippen LogP contribution in [0.3, 0.4) is 0 Å². The van der Waals surface area contributed by atoms with Crippen LogP contribution >= 0.6 is 7.75 Å². The van der Waals surface area contributed by atoms with Crippen LogP contribution in [-0.2, 0) is 23.4 Å². The van der Waals surface area contributed by atoms with Crippen molar-refractivity contribution in [2.75, 3.05) is 19.0 Å². The molecule has 0 spiro atoms. The summed E-state index contributed by atoms with van der Waals surface area (Å²) in [7, 11) is -2.78. The molecule has 13 nitrogen and oxygen atoms in total. The molecule has 6 atom stereocenters. The minimum absolute atomic E-state index is 0.197. The van der Waals surface area contributed by atoms with Crippen LogP contribution in [0.5, 0.6) is 5.75 Å². The Bertz CT molecular complexity index is 1810. The van der Waals surface area contributed by atoms with Gasteiger partial charge in [-0.15, -0.1) is 6.42 Å². The van der Waals surface area contributed by atoms with Gasteiger partial charge in [-0.3, -0.25) is 13.9 Å². The number of benzene rings is 2. The molecule has 238 valence electrons. The van der Waals surface area contributed by atoms with Crippen molar-refractivity contribution in [1.82, 2.24) is 24.6 Å². The lowest BCUT2D eigenvalue weighted by atomic mass is 9.97. The van der Waals surface area contributed by atoms with Gasteiger partial charge in [0, 0.05) is 12.4 Å². The van der Waals surface area contributed by atoms with Crippen molar-refractivity contribution in [3.05, 3.63) is 54.6 Å². The highest BCUT2D eigenvalue weighted by Gasteiger charge is 2.58. The number of anilines is 1. The number of ether oxygens (including phenoxy) is 2. The molecule has 1 saturated heterocycles. The lowest BCUT2D eigenvalue weighted by Crippen LogP contribution is -2.42. The van der Waals surface area contributed by atoms with Gasteiger partial charge in [0.25, 0.3) is 0 Å². The summed E-state index contributed by atoms with van der Waals surface area (Å²) >= 11 is 0. The minimum atomic E-state index is -4.43. The summed E-state index contributed by atoms with van der Waals surface area (Å²) in [5.74, 6) is 2.28. The zero-order chi connectivity index (χ0) is 32.5. The molecule has 3 heterocycles. The maximum atomic E-state index is 16.4. The van der Waals surface area contributed by atoms with E-state index in [4.69, 9.17) is 24.9 Å². The Kier molecular flexibility index (Phi) is 9.11. The van der Waals surface area contributed by atoms with E-state index in [-0.39, 0.29) is 11.4 Å². The first-order valence-corrected chi connectivity index (χ1v) is 15.7. The van der Waals surface area contributed by atoms with E-state index < -0.39 is 56.6 Å². The third kappa shape index (κ3) is 6.36. The van der Waals surface area contributed by atoms with Crippen molar-refractivity contribution in [3.8, 4) is 18.1 Å².